The summed E-state index contributed by atoms with van der Waals surface area (Å²) in [6.07, 6.45) is 5.27. The van der Waals surface area contributed by atoms with E-state index in [1.807, 2.05) is 25.1 Å². The number of nitrogens with zero attached hydrogens (tertiary/aromatic N) is 1. The molecule has 1 saturated heterocycles. The number of aliphatic carboxylic acids is 1. The van der Waals surface area contributed by atoms with Crippen molar-refractivity contribution in [1.82, 2.24) is 4.90 Å². The van der Waals surface area contributed by atoms with Gasteiger partial charge in [0.05, 0.1) is 5.41 Å². The number of rotatable bonds is 7. The first-order chi connectivity index (χ1) is 12.2. The zero-order valence-corrected chi connectivity index (χ0v) is 16.9. The van der Waals surface area contributed by atoms with Crippen LogP contribution in [0.25, 0.3) is 5.57 Å². The minimum atomic E-state index is -0.721. The number of carbonyl (C=O) groups is 1. The zero-order valence-electron chi connectivity index (χ0n) is 16.1. The van der Waals surface area contributed by atoms with E-state index in [2.05, 4.69) is 37.5 Å². The SMILES string of the molecule is C=C(/C=C(CN1CC(C)(C(=O)O)C1)\C(C)=C/CC)c1ccc(Cl)c(C)c1. The first kappa shape index (κ1) is 20.5. The monoisotopic (exact) mass is 373 g/mol. The highest BCUT2D eigenvalue weighted by Gasteiger charge is 2.45. The van der Waals surface area contributed by atoms with Crippen LogP contribution in [-0.4, -0.2) is 35.6 Å². The molecule has 0 saturated carbocycles. The number of halogens is 1. The van der Waals surface area contributed by atoms with Gasteiger partial charge in [-0.05, 0) is 61.6 Å². The lowest BCUT2D eigenvalue weighted by molar-refractivity contribution is -0.157. The Morgan fingerprint density at radius 2 is 2.08 bits per heavy atom. The molecule has 4 heteroatoms. The standard InChI is InChI=1S/C22H28ClNO2/c1-6-7-15(2)19(12-24-13-22(5,14-24)21(25)26)10-16(3)18-8-9-20(23)17(4)11-18/h7-11H,3,6,12-14H2,1-2,4-5H3,(H,25,26)/b15-7-,19-10-. The van der Waals surface area contributed by atoms with Crippen LogP contribution in [0.1, 0.15) is 38.3 Å². The Kier molecular flexibility index (Phi) is 6.48. The van der Waals surface area contributed by atoms with Crippen LogP contribution in [0.15, 0.2) is 48.1 Å². The van der Waals surface area contributed by atoms with E-state index in [9.17, 15) is 9.90 Å². The van der Waals surface area contributed by atoms with E-state index in [4.69, 9.17) is 11.6 Å². The Hall–Kier alpha value is -1.84. The number of hydrogen-bond acceptors (Lipinski definition) is 2. The highest BCUT2D eigenvalue weighted by atomic mass is 35.5. The van der Waals surface area contributed by atoms with Crippen LogP contribution in [-0.2, 0) is 4.79 Å². The van der Waals surface area contributed by atoms with Crippen molar-refractivity contribution in [2.45, 2.75) is 34.1 Å². The van der Waals surface area contributed by atoms with E-state index in [1.54, 1.807) is 6.92 Å². The van der Waals surface area contributed by atoms with Crippen molar-refractivity contribution in [3.8, 4) is 0 Å². The van der Waals surface area contributed by atoms with Crippen LogP contribution in [0.5, 0.6) is 0 Å². The molecule has 1 aliphatic heterocycles. The van der Waals surface area contributed by atoms with Crippen LogP contribution in [0.4, 0.5) is 0 Å². The van der Waals surface area contributed by atoms with Gasteiger partial charge in [0.25, 0.3) is 0 Å². The Labute approximate surface area is 161 Å². The van der Waals surface area contributed by atoms with Gasteiger partial charge in [0.15, 0.2) is 0 Å². The lowest BCUT2D eigenvalue weighted by Crippen LogP contribution is -2.58. The molecule has 1 fully saturated rings. The lowest BCUT2D eigenvalue weighted by atomic mass is 9.81. The molecule has 1 aromatic rings. The van der Waals surface area contributed by atoms with Crippen molar-refractivity contribution >= 4 is 23.1 Å². The molecule has 0 radical (unpaired) electrons. The summed E-state index contributed by atoms with van der Waals surface area (Å²) in [7, 11) is 0. The summed E-state index contributed by atoms with van der Waals surface area (Å²) in [5.74, 6) is -0.721. The fourth-order valence-corrected chi connectivity index (χ4v) is 3.41. The smallest absolute Gasteiger partial charge is 0.311 e. The summed E-state index contributed by atoms with van der Waals surface area (Å²) in [6.45, 7) is 14.1. The topological polar surface area (TPSA) is 40.5 Å². The Morgan fingerprint density at radius 3 is 2.62 bits per heavy atom. The van der Waals surface area contributed by atoms with Crippen LogP contribution in [0, 0.1) is 12.3 Å². The number of carboxylic acid groups (broad SMARTS) is 1. The highest BCUT2D eigenvalue weighted by molar-refractivity contribution is 6.31. The zero-order chi connectivity index (χ0) is 19.5. The van der Waals surface area contributed by atoms with Crippen molar-refractivity contribution in [2.24, 2.45) is 5.41 Å². The van der Waals surface area contributed by atoms with E-state index in [0.29, 0.717) is 13.1 Å². The molecule has 0 spiro atoms. The third kappa shape index (κ3) is 4.66. The maximum Gasteiger partial charge on any atom is 0.311 e. The lowest BCUT2D eigenvalue weighted by Gasteiger charge is -2.45. The summed E-state index contributed by atoms with van der Waals surface area (Å²) in [6, 6.07) is 5.92. The third-order valence-corrected chi connectivity index (χ3v) is 5.37. The number of likely N-dealkylation sites (tertiary alicyclic amines) is 1. The first-order valence-electron chi connectivity index (χ1n) is 8.95. The van der Waals surface area contributed by atoms with Gasteiger partial charge in [-0.3, -0.25) is 9.69 Å². The van der Waals surface area contributed by atoms with Crippen LogP contribution < -0.4 is 0 Å². The number of allylic oxidation sites excluding steroid dienone is 3. The van der Waals surface area contributed by atoms with Gasteiger partial charge in [-0.1, -0.05) is 48.9 Å². The normalized spacial score (nSPS) is 17.7. The van der Waals surface area contributed by atoms with Crippen LogP contribution in [0.2, 0.25) is 5.02 Å². The molecule has 0 amide bonds. The molecule has 2 rings (SSSR count). The Bertz CT molecular complexity index is 770. The van der Waals surface area contributed by atoms with Crippen molar-refractivity contribution in [1.29, 1.82) is 0 Å². The predicted molar refractivity (Wildman–Crippen MR) is 110 cm³/mol. The second-order valence-corrected chi connectivity index (χ2v) is 7.87. The summed E-state index contributed by atoms with van der Waals surface area (Å²) in [5, 5.41) is 10.1. The second-order valence-electron chi connectivity index (χ2n) is 7.47. The minimum absolute atomic E-state index is 0.575. The molecule has 3 nitrogen and oxygen atoms in total. The van der Waals surface area contributed by atoms with Crippen molar-refractivity contribution in [3.05, 3.63) is 64.2 Å². The molecule has 0 atom stereocenters. The predicted octanol–water partition coefficient (Wildman–Crippen LogP) is 5.35. The minimum Gasteiger partial charge on any atom is -0.481 e. The molecule has 1 N–H and O–H groups in total. The number of hydrogen-bond donors (Lipinski definition) is 1. The average Bonchev–Trinajstić information content (AvgIpc) is 2.54. The maximum absolute atomic E-state index is 11.3. The largest absolute Gasteiger partial charge is 0.481 e. The molecule has 1 aromatic carbocycles. The van der Waals surface area contributed by atoms with Crippen molar-refractivity contribution < 1.29 is 9.90 Å². The van der Waals surface area contributed by atoms with E-state index < -0.39 is 11.4 Å². The molecular weight excluding hydrogens is 346 g/mol. The number of aryl methyl sites for hydroxylation is 1. The fraction of sp³-hybridized carbons (Fsp3) is 0.409. The van der Waals surface area contributed by atoms with Crippen LogP contribution in [0.3, 0.4) is 0 Å². The number of benzene rings is 1. The maximum atomic E-state index is 11.3. The van der Waals surface area contributed by atoms with Gasteiger partial charge in [-0.25, -0.2) is 0 Å². The highest BCUT2D eigenvalue weighted by Crippen LogP contribution is 2.32. The second kappa shape index (κ2) is 8.24. The molecule has 26 heavy (non-hydrogen) atoms. The van der Waals surface area contributed by atoms with E-state index in [-0.39, 0.29) is 0 Å². The summed E-state index contributed by atoms with van der Waals surface area (Å²) >= 11 is 6.12. The fourth-order valence-electron chi connectivity index (χ4n) is 3.29. The Morgan fingerprint density at radius 1 is 1.42 bits per heavy atom. The molecule has 0 aromatic heterocycles. The van der Waals surface area contributed by atoms with E-state index in [0.717, 1.165) is 34.7 Å². The van der Waals surface area contributed by atoms with Crippen molar-refractivity contribution in [2.75, 3.05) is 19.6 Å². The molecule has 0 unspecified atom stereocenters. The Balaban J connectivity index is 2.20. The number of carboxylic acids is 1. The van der Waals surface area contributed by atoms with Gasteiger partial charge in [0.1, 0.15) is 0 Å². The quantitative estimate of drug-likeness (QED) is 0.655. The summed E-state index contributed by atoms with van der Waals surface area (Å²) in [5.41, 5.74) is 4.77. The molecule has 1 aliphatic rings. The summed E-state index contributed by atoms with van der Waals surface area (Å²) < 4.78 is 0. The van der Waals surface area contributed by atoms with Gasteiger partial charge in [-0.15, -0.1) is 0 Å². The van der Waals surface area contributed by atoms with Crippen LogP contribution >= 0.6 is 11.6 Å². The molecule has 140 valence electrons. The van der Waals surface area contributed by atoms with E-state index >= 15 is 0 Å². The van der Waals surface area contributed by atoms with Gasteiger partial charge in [-0.2, -0.15) is 0 Å². The molecule has 0 aliphatic carbocycles. The third-order valence-electron chi connectivity index (χ3n) is 4.95. The van der Waals surface area contributed by atoms with E-state index in [1.165, 1.54) is 11.1 Å². The molecule has 1 heterocycles. The first-order valence-corrected chi connectivity index (χ1v) is 9.33. The average molecular weight is 374 g/mol. The van der Waals surface area contributed by atoms with Crippen molar-refractivity contribution in [3.63, 3.8) is 0 Å². The van der Waals surface area contributed by atoms with Gasteiger partial charge < -0.3 is 5.11 Å². The molecule has 0 bridgehead atoms. The van der Waals surface area contributed by atoms with Gasteiger partial charge >= 0.3 is 5.97 Å². The summed E-state index contributed by atoms with van der Waals surface area (Å²) in [4.78, 5) is 13.5. The molecular formula is C22H28ClNO2. The van der Waals surface area contributed by atoms with Gasteiger partial charge in [0, 0.05) is 24.7 Å². The van der Waals surface area contributed by atoms with Gasteiger partial charge in [0.2, 0.25) is 0 Å².